The smallest absolute Gasteiger partial charge is 0.273 e. The van der Waals surface area contributed by atoms with Gasteiger partial charge in [-0.2, -0.15) is 0 Å². The number of halogens is 2. The van der Waals surface area contributed by atoms with E-state index in [0.717, 1.165) is 12.1 Å². The molecule has 0 aliphatic heterocycles. The predicted molar refractivity (Wildman–Crippen MR) is 63.5 cm³/mol. The van der Waals surface area contributed by atoms with Gasteiger partial charge in [-0.1, -0.05) is 11.2 Å². The minimum atomic E-state index is -0.705. The Morgan fingerprint density at radius 2 is 2.11 bits per heavy atom. The van der Waals surface area contributed by atoms with Crippen LogP contribution in [0, 0.1) is 18.6 Å². The fraction of sp³-hybridized carbons (Fsp3) is 0.231. The number of aromatic nitrogens is 1. The summed E-state index contributed by atoms with van der Waals surface area (Å²) in [4.78, 5) is 11.8. The predicted octanol–water partition coefficient (Wildman–Crippen LogP) is 2.75. The Balaban J connectivity index is 2.12. The minimum absolute atomic E-state index is 0.117. The molecule has 0 fully saturated rings. The summed E-state index contributed by atoms with van der Waals surface area (Å²) in [6.45, 7) is 3.26. The van der Waals surface area contributed by atoms with Gasteiger partial charge in [0.15, 0.2) is 5.69 Å². The zero-order valence-electron chi connectivity index (χ0n) is 10.4. The number of rotatable bonds is 3. The number of hydrogen-bond acceptors (Lipinski definition) is 3. The monoisotopic (exact) mass is 266 g/mol. The Hall–Kier alpha value is -2.24. The maximum atomic E-state index is 13.5. The van der Waals surface area contributed by atoms with E-state index in [-0.39, 0.29) is 11.3 Å². The molecule has 1 N–H and O–H groups in total. The van der Waals surface area contributed by atoms with Gasteiger partial charge in [-0.25, -0.2) is 8.78 Å². The van der Waals surface area contributed by atoms with E-state index in [9.17, 15) is 13.6 Å². The second-order valence-corrected chi connectivity index (χ2v) is 4.18. The first-order valence-corrected chi connectivity index (χ1v) is 5.66. The summed E-state index contributed by atoms with van der Waals surface area (Å²) in [5.74, 6) is -1.34. The summed E-state index contributed by atoms with van der Waals surface area (Å²) < 4.78 is 31.1. The van der Waals surface area contributed by atoms with Gasteiger partial charge in [0.05, 0.1) is 6.04 Å². The molecular formula is C13H12F2N2O2. The minimum Gasteiger partial charge on any atom is -0.361 e. The molecule has 0 bridgehead atoms. The molecule has 0 aliphatic rings. The topological polar surface area (TPSA) is 55.1 Å². The Kier molecular flexibility index (Phi) is 3.59. The molecule has 4 nitrogen and oxygen atoms in total. The number of amides is 1. The highest BCUT2D eigenvalue weighted by Crippen LogP contribution is 2.18. The van der Waals surface area contributed by atoms with Crippen LogP contribution in [0.1, 0.15) is 34.8 Å². The fourth-order valence-corrected chi connectivity index (χ4v) is 1.67. The van der Waals surface area contributed by atoms with Crippen LogP contribution in [0.2, 0.25) is 0 Å². The van der Waals surface area contributed by atoms with Gasteiger partial charge in [0.25, 0.3) is 5.91 Å². The van der Waals surface area contributed by atoms with Gasteiger partial charge in [0.1, 0.15) is 17.4 Å². The zero-order chi connectivity index (χ0) is 14.0. The molecule has 1 heterocycles. The molecule has 1 amide bonds. The molecule has 19 heavy (non-hydrogen) atoms. The first-order valence-electron chi connectivity index (χ1n) is 5.66. The summed E-state index contributed by atoms with van der Waals surface area (Å²) in [5.41, 5.74) is 0.321. The Labute approximate surface area is 108 Å². The summed E-state index contributed by atoms with van der Waals surface area (Å²) in [5, 5.41) is 6.12. The van der Waals surface area contributed by atoms with Crippen molar-refractivity contribution in [2.75, 3.05) is 0 Å². The SMILES string of the molecule is Cc1cc(C(=O)N[C@H](C)c2ccc(F)cc2F)no1. The Morgan fingerprint density at radius 3 is 2.68 bits per heavy atom. The lowest BCUT2D eigenvalue weighted by Gasteiger charge is -2.14. The van der Waals surface area contributed by atoms with E-state index >= 15 is 0 Å². The van der Waals surface area contributed by atoms with Gasteiger partial charge in [0, 0.05) is 17.7 Å². The van der Waals surface area contributed by atoms with Crippen molar-refractivity contribution in [2.24, 2.45) is 0 Å². The van der Waals surface area contributed by atoms with Crippen LogP contribution in [0.5, 0.6) is 0 Å². The molecule has 0 spiro atoms. The third-order valence-corrected chi connectivity index (χ3v) is 2.64. The zero-order valence-corrected chi connectivity index (χ0v) is 10.4. The molecule has 6 heteroatoms. The highest BCUT2D eigenvalue weighted by atomic mass is 19.1. The first kappa shape index (κ1) is 13.2. The number of nitrogens with one attached hydrogen (secondary N) is 1. The lowest BCUT2D eigenvalue weighted by molar-refractivity contribution is 0.0930. The van der Waals surface area contributed by atoms with Crippen molar-refractivity contribution >= 4 is 5.91 Å². The Morgan fingerprint density at radius 1 is 1.37 bits per heavy atom. The van der Waals surface area contributed by atoms with Crippen molar-refractivity contribution in [3.05, 3.63) is 52.9 Å². The van der Waals surface area contributed by atoms with Gasteiger partial charge >= 0.3 is 0 Å². The molecule has 0 saturated heterocycles. The van der Waals surface area contributed by atoms with Crippen molar-refractivity contribution in [1.29, 1.82) is 0 Å². The molecule has 2 aromatic rings. The van der Waals surface area contributed by atoms with Crippen molar-refractivity contribution in [2.45, 2.75) is 19.9 Å². The van der Waals surface area contributed by atoms with E-state index < -0.39 is 23.6 Å². The van der Waals surface area contributed by atoms with E-state index in [1.54, 1.807) is 13.8 Å². The van der Waals surface area contributed by atoms with E-state index in [1.807, 2.05) is 0 Å². The van der Waals surface area contributed by atoms with Crippen molar-refractivity contribution in [3.63, 3.8) is 0 Å². The number of nitrogens with zero attached hydrogens (tertiary/aromatic N) is 1. The van der Waals surface area contributed by atoms with Crippen LogP contribution < -0.4 is 5.32 Å². The van der Waals surface area contributed by atoms with Crippen molar-refractivity contribution in [3.8, 4) is 0 Å². The van der Waals surface area contributed by atoms with Gasteiger partial charge in [-0.15, -0.1) is 0 Å². The lowest BCUT2D eigenvalue weighted by Crippen LogP contribution is -2.27. The number of aryl methyl sites for hydroxylation is 1. The highest BCUT2D eigenvalue weighted by Gasteiger charge is 2.17. The molecular weight excluding hydrogens is 254 g/mol. The first-order chi connectivity index (χ1) is 8.97. The van der Waals surface area contributed by atoms with Crippen LogP contribution in [0.3, 0.4) is 0 Å². The standard InChI is InChI=1S/C13H12F2N2O2/c1-7-5-12(17-19-7)13(18)16-8(2)10-4-3-9(14)6-11(10)15/h3-6,8H,1-2H3,(H,16,18)/t8-/m1/s1. The third-order valence-electron chi connectivity index (χ3n) is 2.64. The van der Waals surface area contributed by atoms with Crippen LogP contribution >= 0.6 is 0 Å². The van der Waals surface area contributed by atoms with Gasteiger partial charge in [-0.05, 0) is 19.9 Å². The molecule has 1 atom stereocenters. The van der Waals surface area contributed by atoms with Crippen LogP contribution in [-0.4, -0.2) is 11.1 Å². The highest BCUT2D eigenvalue weighted by molar-refractivity contribution is 5.92. The normalized spacial score (nSPS) is 12.2. The molecule has 0 aliphatic carbocycles. The van der Waals surface area contributed by atoms with E-state index in [2.05, 4.69) is 10.5 Å². The number of hydrogen-bond donors (Lipinski definition) is 1. The largest absolute Gasteiger partial charge is 0.361 e. The van der Waals surface area contributed by atoms with Crippen molar-refractivity contribution < 1.29 is 18.1 Å². The van der Waals surface area contributed by atoms with E-state index in [0.29, 0.717) is 5.76 Å². The van der Waals surface area contributed by atoms with Gasteiger partial charge < -0.3 is 9.84 Å². The van der Waals surface area contributed by atoms with E-state index in [1.165, 1.54) is 12.1 Å². The second kappa shape index (κ2) is 5.17. The van der Waals surface area contributed by atoms with Crippen LogP contribution in [0.15, 0.2) is 28.8 Å². The van der Waals surface area contributed by atoms with Gasteiger partial charge in [0.2, 0.25) is 0 Å². The molecule has 100 valence electrons. The quantitative estimate of drug-likeness (QED) is 0.929. The van der Waals surface area contributed by atoms with Gasteiger partial charge in [-0.3, -0.25) is 4.79 Å². The Bertz CT molecular complexity index is 610. The average molecular weight is 266 g/mol. The van der Waals surface area contributed by atoms with Crippen molar-refractivity contribution in [1.82, 2.24) is 10.5 Å². The number of benzene rings is 1. The van der Waals surface area contributed by atoms with Crippen LogP contribution in [0.4, 0.5) is 8.78 Å². The molecule has 0 unspecified atom stereocenters. The molecule has 1 aromatic carbocycles. The van der Waals surface area contributed by atoms with Crippen LogP contribution in [-0.2, 0) is 0 Å². The van der Waals surface area contributed by atoms with Crippen LogP contribution in [0.25, 0.3) is 0 Å². The molecule has 0 saturated carbocycles. The number of carbonyl (C=O) groups is 1. The summed E-state index contributed by atoms with van der Waals surface area (Å²) in [7, 11) is 0. The summed E-state index contributed by atoms with van der Waals surface area (Å²) in [6, 6.07) is 4.08. The maximum absolute atomic E-state index is 13.5. The average Bonchev–Trinajstić information content (AvgIpc) is 2.75. The fourth-order valence-electron chi connectivity index (χ4n) is 1.67. The third kappa shape index (κ3) is 2.96. The molecule has 0 radical (unpaired) electrons. The maximum Gasteiger partial charge on any atom is 0.273 e. The molecule has 2 rings (SSSR count). The summed E-state index contributed by atoms with van der Waals surface area (Å²) >= 11 is 0. The summed E-state index contributed by atoms with van der Waals surface area (Å²) in [6.07, 6.45) is 0. The second-order valence-electron chi connectivity index (χ2n) is 4.18. The lowest BCUT2D eigenvalue weighted by atomic mass is 10.1. The molecule has 1 aromatic heterocycles. The number of carbonyl (C=O) groups excluding carboxylic acids is 1. The van der Waals surface area contributed by atoms with E-state index in [4.69, 9.17) is 4.52 Å².